The largest absolute Gasteiger partial charge is 0.383 e. The van der Waals surface area contributed by atoms with Crippen molar-refractivity contribution in [3.8, 4) is 6.07 Å². The molecule has 3 heterocycles. The molecular formula is C24H24Cl2N8. The summed E-state index contributed by atoms with van der Waals surface area (Å²) in [4.78, 5) is 11.4. The minimum absolute atomic E-state index is 0.112. The number of pyridine rings is 1. The van der Waals surface area contributed by atoms with Crippen molar-refractivity contribution < 1.29 is 0 Å². The van der Waals surface area contributed by atoms with Crippen molar-refractivity contribution >= 4 is 52.6 Å². The van der Waals surface area contributed by atoms with E-state index in [1.54, 1.807) is 35.5 Å². The van der Waals surface area contributed by atoms with Gasteiger partial charge in [-0.2, -0.15) is 10.4 Å². The number of hydrazone groups is 1. The van der Waals surface area contributed by atoms with Crippen LogP contribution in [0.1, 0.15) is 30.9 Å². The summed E-state index contributed by atoms with van der Waals surface area (Å²) in [5, 5.41) is 19.7. The molecule has 1 atom stereocenters. The lowest BCUT2D eigenvalue weighted by molar-refractivity contribution is 0.314. The molecule has 10 heteroatoms. The van der Waals surface area contributed by atoms with E-state index in [1.807, 2.05) is 25.3 Å². The molecule has 174 valence electrons. The molecule has 1 aromatic heterocycles. The lowest BCUT2D eigenvalue weighted by Crippen LogP contribution is -2.47. The van der Waals surface area contributed by atoms with Crippen molar-refractivity contribution in [3.63, 3.8) is 0 Å². The van der Waals surface area contributed by atoms with Gasteiger partial charge in [-0.15, -0.1) is 0 Å². The molecule has 0 aliphatic carbocycles. The van der Waals surface area contributed by atoms with Crippen LogP contribution in [0.25, 0.3) is 5.70 Å². The van der Waals surface area contributed by atoms with Crippen LogP contribution in [0.5, 0.6) is 0 Å². The Bertz CT molecular complexity index is 1240. The predicted octanol–water partition coefficient (Wildman–Crippen LogP) is 4.95. The second-order valence-electron chi connectivity index (χ2n) is 7.91. The molecule has 2 aromatic rings. The second-order valence-corrected chi connectivity index (χ2v) is 8.75. The van der Waals surface area contributed by atoms with E-state index in [0.717, 1.165) is 30.8 Å². The first kappa shape index (κ1) is 23.6. The van der Waals surface area contributed by atoms with Gasteiger partial charge >= 0.3 is 0 Å². The van der Waals surface area contributed by atoms with Crippen molar-refractivity contribution in [1.29, 1.82) is 5.26 Å². The molecule has 0 spiro atoms. The molecule has 1 unspecified atom stereocenters. The number of nitriles is 1. The van der Waals surface area contributed by atoms with Gasteiger partial charge in [0.1, 0.15) is 17.7 Å². The van der Waals surface area contributed by atoms with Gasteiger partial charge in [0.25, 0.3) is 0 Å². The zero-order valence-electron chi connectivity index (χ0n) is 18.7. The van der Waals surface area contributed by atoms with Gasteiger partial charge in [0.05, 0.1) is 28.2 Å². The molecule has 2 aliphatic rings. The van der Waals surface area contributed by atoms with E-state index in [9.17, 15) is 0 Å². The Morgan fingerprint density at radius 3 is 2.85 bits per heavy atom. The maximum absolute atomic E-state index is 9.08. The summed E-state index contributed by atoms with van der Waals surface area (Å²) in [7, 11) is 0. The number of nitrogens with one attached hydrogen (secondary N) is 1. The zero-order valence-corrected chi connectivity index (χ0v) is 20.2. The minimum atomic E-state index is 0.112. The number of aromatic nitrogens is 1. The minimum Gasteiger partial charge on any atom is -0.383 e. The molecule has 0 amide bonds. The maximum Gasteiger partial charge on any atom is 0.154 e. The van der Waals surface area contributed by atoms with Gasteiger partial charge in [-0.05, 0) is 50.1 Å². The van der Waals surface area contributed by atoms with Crippen molar-refractivity contribution in [1.82, 2.24) is 14.9 Å². The van der Waals surface area contributed by atoms with Crippen LogP contribution < -0.4 is 11.1 Å². The van der Waals surface area contributed by atoms with E-state index in [-0.39, 0.29) is 11.9 Å². The van der Waals surface area contributed by atoms with Gasteiger partial charge in [0.2, 0.25) is 0 Å². The first-order chi connectivity index (χ1) is 16.4. The van der Waals surface area contributed by atoms with Gasteiger partial charge in [-0.3, -0.25) is 0 Å². The van der Waals surface area contributed by atoms with Crippen molar-refractivity contribution in [2.75, 3.05) is 24.1 Å². The highest BCUT2D eigenvalue weighted by atomic mass is 35.5. The zero-order chi connectivity index (χ0) is 24.2. The van der Waals surface area contributed by atoms with Gasteiger partial charge < -0.3 is 16.0 Å². The van der Waals surface area contributed by atoms with Crippen LogP contribution in [-0.2, 0) is 0 Å². The third-order valence-electron chi connectivity index (χ3n) is 5.57. The summed E-state index contributed by atoms with van der Waals surface area (Å²) >= 11 is 12.6. The summed E-state index contributed by atoms with van der Waals surface area (Å²) < 4.78 is 0. The van der Waals surface area contributed by atoms with E-state index >= 15 is 0 Å². The number of benzene rings is 1. The fourth-order valence-electron chi connectivity index (χ4n) is 3.96. The number of nitrogen functional groups attached to an aromatic ring is 1. The summed E-state index contributed by atoms with van der Waals surface area (Å²) in [6, 6.07) is 10.9. The van der Waals surface area contributed by atoms with Gasteiger partial charge in [0, 0.05) is 35.9 Å². The van der Waals surface area contributed by atoms with E-state index in [4.69, 9.17) is 39.2 Å². The number of amidine groups is 1. The first-order valence-electron chi connectivity index (χ1n) is 10.8. The highest BCUT2D eigenvalue weighted by Gasteiger charge is 2.29. The Morgan fingerprint density at radius 2 is 2.15 bits per heavy atom. The van der Waals surface area contributed by atoms with Crippen LogP contribution in [0.3, 0.4) is 0 Å². The third kappa shape index (κ3) is 5.01. The van der Waals surface area contributed by atoms with E-state index in [0.29, 0.717) is 39.4 Å². The van der Waals surface area contributed by atoms with Crippen LogP contribution >= 0.6 is 23.2 Å². The number of hydrogen-bond donors (Lipinski definition) is 2. The molecule has 34 heavy (non-hydrogen) atoms. The standard InChI is InChI=1S/C24H24Cl2N8/c1-3-29-34-14-21(19-8-7-17(25)11-20(19)26)31-24(15(34)2)33-10-4-5-18(13-33)30-22-9-6-16(12-27)23(28)32-22/h3,6-9,11,14,18H,2,4-5,10,13H2,1H3,(H3,28,30,32)/b29-3-. The summed E-state index contributed by atoms with van der Waals surface area (Å²) in [5.74, 6) is 1.58. The number of rotatable bonds is 4. The van der Waals surface area contributed by atoms with Crippen LogP contribution in [0.15, 0.2) is 58.9 Å². The molecule has 0 radical (unpaired) electrons. The van der Waals surface area contributed by atoms with Crippen molar-refractivity contribution in [2.45, 2.75) is 25.8 Å². The fourth-order valence-corrected chi connectivity index (χ4v) is 4.46. The Morgan fingerprint density at radius 1 is 1.32 bits per heavy atom. The summed E-state index contributed by atoms with van der Waals surface area (Å²) in [6.45, 7) is 7.59. The van der Waals surface area contributed by atoms with Gasteiger partial charge in [-0.25, -0.2) is 15.0 Å². The molecule has 2 aliphatic heterocycles. The highest BCUT2D eigenvalue weighted by Crippen LogP contribution is 2.32. The number of piperidine rings is 1. The molecule has 8 nitrogen and oxygen atoms in total. The molecule has 1 aromatic carbocycles. The Balaban J connectivity index is 1.60. The first-order valence-corrected chi connectivity index (χ1v) is 11.6. The van der Waals surface area contributed by atoms with Gasteiger partial charge in [0.15, 0.2) is 5.84 Å². The van der Waals surface area contributed by atoms with Crippen molar-refractivity contribution in [2.24, 2.45) is 10.1 Å². The predicted molar refractivity (Wildman–Crippen MR) is 139 cm³/mol. The fraction of sp³-hybridized carbons (Fsp3) is 0.250. The number of nitrogens with zero attached hydrogens (tertiary/aromatic N) is 6. The Labute approximate surface area is 208 Å². The molecule has 0 saturated carbocycles. The topological polar surface area (TPSA) is 106 Å². The lowest BCUT2D eigenvalue weighted by Gasteiger charge is -2.38. The van der Waals surface area contributed by atoms with E-state index < -0.39 is 0 Å². The maximum atomic E-state index is 9.08. The number of halogens is 2. The molecular weight excluding hydrogens is 471 g/mol. The number of likely N-dealkylation sites (tertiary alicyclic amines) is 1. The normalized spacial score (nSPS) is 18.5. The van der Waals surface area contributed by atoms with E-state index in [1.165, 1.54) is 0 Å². The summed E-state index contributed by atoms with van der Waals surface area (Å²) in [6.07, 6.45) is 5.42. The van der Waals surface area contributed by atoms with Crippen LogP contribution in [0.4, 0.5) is 11.6 Å². The Hall–Kier alpha value is -3.54. The Kier molecular flexibility index (Phi) is 7.06. The quantitative estimate of drug-likeness (QED) is 0.582. The lowest BCUT2D eigenvalue weighted by atomic mass is 10.0. The van der Waals surface area contributed by atoms with Gasteiger partial charge in [-0.1, -0.05) is 29.8 Å². The monoisotopic (exact) mass is 494 g/mol. The third-order valence-corrected chi connectivity index (χ3v) is 6.12. The second kappa shape index (κ2) is 10.2. The molecule has 1 saturated heterocycles. The number of anilines is 2. The SMILES string of the molecule is C=C1C(N2CCCC(Nc3ccc(C#N)c(N)n3)C2)=NC(c2ccc(Cl)cc2Cl)=CN1/N=C\C. The molecule has 1 fully saturated rings. The highest BCUT2D eigenvalue weighted by molar-refractivity contribution is 6.35. The van der Waals surface area contributed by atoms with Crippen LogP contribution in [0.2, 0.25) is 10.0 Å². The number of hydrogen-bond acceptors (Lipinski definition) is 8. The average molecular weight is 495 g/mol. The van der Waals surface area contributed by atoms with Crippen LogP contribution in [0, 0.1) is 11.3 Å². The smallest absolute Gasteiger partial charge is 0.154 e. The van der Waals surface area contributed by atoms with Crippen LogP contribution in [-0.4, -0.2) is 46.1 Å². The van der Waals surface area contributed by atoms with E-state index in [2.05, 4.69) is 26.9 Å². The van der Waals surface area contributed by atoms with Crippen molar-refractivity contribution in [3.05, 3.63) is 70.0 Å². The molecule has 3 N–H and O–H groups in total. The number of aliphatic imine (C=N–C) groups is 1. The average Bonchev–Trinajstić information content (AvgIpc) is 2.81. The molecule has 0 bridgehead atoms. The number of nitrogens with two attached hydrogens (primary N) is 1. The summed E-state index contributed by atoms with van der Waals surface area (Å²) in [5.41, 5.74) is 8.35. The molecule has 4 rings (SSSR count).